The van der Waals surface area contributed by atoms with Crippen LogP contribution in [0, 0.1) is 6.92 Å². The first kappa shape index (κ1) is 16.4. The van der Waals surface area contributed by atoms with Crippen LogP contribution in [0.4, 0.5) is 11.6 Å². The van der Waals surface area contributed by atoms with E-state index in [1.54, 1.807) is 18.3 Å². The van der Waals surface area contributed by atoms with Crippen molar-refractivity contribution in [3.8, 4) is 11.4 Å². The molecule has 0 unspecified atom stereocenters. The molecule has 26 heavy (non-hydrogen) atoms. The van der Waals surface area contributed by atoms with Crippen LogP contribution in [0.5, 0.6) is 0 Å². The SMILES string of the molecule is Cc1cc(Nc2nccc3nc(-c4cc(CO)ccc4Cl)[nH]c23)ncn1. The molecule has 0 fully saturated rings. The van der Waals surface area contributed by atoms with Gasteiger partial charge in [-0.2, -0.15) is 0 Å². The molecular weight excluding hydrogens is 352 g/mol. The second-order valence-electron chi connectivity index (χ2n) is 5.78. The second kappa shape index (κ2) is 6.70. The summed E-state index contributed by atoms with van der Waals surface area (Å²) in [4.78, 5) is 20.5. The Kier molecular flexibility index (Phi) is 4.24. The van der Waals surface area contributed by atoms with Crippen molar-refractivity contribution >= 4 is 34.3 Å². The molecule has 0 amide bonds. The zero-order valence-corrected chi connectivity index (χ0v) is 14.6. The number of aliphatic hydroxyl groups excluding tert-OH is 1. The average molecular weight is 367 g/mol. The third-order valence-corrected chi connectivity index (χ3v) is 4.25. The van der Waals surface area contributed by atoms with Crippen LogP contribution in [0.3, 0.4) is 0 Å². The van der Waals surface area contributed by atoms with E-state index < -0.39 is 0 Å². The number of halogens is 1. The summed E-state index contributed by atoms with van der Waals surface area (Å²) in [6, 6.07) is 8.99. The van der Waals surface area contributed by atoms with Crippen molar-refractivity contribution in [3.05, 3.63) is 59.1 Å². The Morgan fingerprint density at radius 3 is 2.85 bits per heavy atom. The molecular formula is C18H15ClN6O. The van der Waals surface area contributed by atoms with Crippen LogP contribution in [-0.2, 0) is 6.61 Å². The summed E-state index contributed by atoms with van der Waals surface area (Å²) in [7, 11) is 0. The van der Waals surface area contributed by atoms with Crippen molar-refractivity contribution in [2.75, 3.05) is 5.32 Å². The topological polar surface area (TPSA) is 99.6 Å². The predicted octanol–water partition coefficient (Wildman–Crippen LogP) is 3.61. The molecule has 8 heteroatoms. The molecule has 3 N–H and O–H groups in total. The van der Waals surface area contributed by atoms with E-state index in [1.807, 2.05) is 25.1 Å². The molecule has 1 aromatic carbocycles. The highest BCUT2D eigenvalue weighted by molar-refractivity contribution is 6.33. The summed E-state index contributed by atoms with van der Waals surface area (Å²) in [5.41, 5.74) is 3.82. The first-order valence-corrected chi connectivity index (χ1v) is 8.32. The standard InChI is InChI=1S/C18H15ClN6O/c1-10-6-15(22-9-21-10)24-18-16-14(4-5-20-18)23-17(25-16)12-7-11(8-26)2-3-13(12)19/h2-7,9,26H,8H2,1H3,(H,23,25)(H,20,21,22,24). The largest absolute Gasteiger partial charge is 0.392 e. The number of benzene rings is 1. The highest BCUT2D eigenvalue weighted by Gasteiger charge is 2.13. The molecule has 0 radical (unpaired) electrons. The number of H-pyrrole nitrogens is 1. The van der Waals surface area contributed by atoms with Crippen molar-refractivity contribution in [1.29, 1.82) is 0 Å². The van der Waals surface area contributed by atoms with Gasteiger partial charge in [-0.15, -0.1) is 0 Å². The van der Waals surface area contributed by atoms with Gasteiger partial charge in [0.15, 0.2) is 5.82 Å². The number of aliphatic hydroxyl groups is 1. The van der Waals surface area contributed by atoms with E-state index in [-0.39, 0.29) is 6.61 Å². The molecule has 0 aliphatic heterocycles. The van der Waals surface area contributed by atoms with Gasteiger partial charge in [0.25, 0.3) is 0 Å². The van der Waals surface area contributed by atoms with Gasteiger partial charge in [-0.05, 0) is 30.7 Å². The highest BCUT2D eigenvalue weighted by atomic mass is 35.5. The molecule has 0 spiro atoms. The Morgan fingerprint density at radius 2 is 2.04 bits per heavy atom. The Labute approximate surface area is 154 Å². The minimum absolute atomic E-state index is 0.0637. The number of hydrogen-bond acceptors (Lipinski definition) is 6. The van der Waals surface area contributed by atoms with E-state index in [0.29, 0.717) is 22.5 Å². The number of aromatic nitrogens is 5. The third kappa shape index (κ3) is 3.10. The number of nitrogens with zero attached hydrogens (tertiary/aromatic N) is 4. The molecule has 7 nitrogen and oxygen atoms in total. The predicted molar refractivity (Wildman–Crippen MR) is 100 cm³/mol. The van der Waals surface area contributed by atoms with Crippen LogP contribution < -0.4 is 5.32 Å². The lowest BCUT2D eigenvalue weighted by Crippen LogP contribution is -1.98. The summed E-state index contributed by atoms with van der Waals surface area (Å²) in [6.07, 6.45) is 3.17. The number of pyridine rings is 1. The van der Waals surface area contributed by atoms with E-state index >= 15 is 0 Å². The normalized spacial score (nSPS) is 11.0. The van der Waals surface area contributed by atoms with E-state index in [2.05, 4.69) is 30.2 Å². The Hall–Kier alpha value is -3.03. The van der Waals surface area contributed by atoms with Gasteiger partial charge in [-0.3, -0.25) is 0 Å². The van der Waals surface area contributed by atoms with E-state index in [9.17, 15) is 5.11 Å². The van der Waals surface area contributed by atoms with E-state index in [0.717, 1.165) is 27.9 Å². The minimum atomic E-state index is -0.0637. The molecule has 130 valence electrons. The lowest BCUT2D eigenvalue weighted by atomic mass is 10.1. The van der Waals surface area contributed by atoms with Gasteiger partial charge in [0, 0.05) is 23.5 Å². The third-order valence-electron chi connectivity index (χ3n) is 3.92. The molecule has 0 bridgehead atoms. The van der Waals surface area contributed by atoms with Crippen molar-refractivity contribution in [2.24, 2.45) is 0 Å². The van der Waals surface area contributed by atoms with Crippen LogP contribution in [0.15, 0.2) is 42.9 Å². The first-order chi connectivity index (χ1) is 12.6. The van der Waals surface area contributed by atoms with Gasteiger partial charge >= 0.3 is 0 Å². The maximum atomic E-state index is 9.36. The minimum Gasteiger partial charge on any atom is -0.392 e. The number of nitrogens with one attached hydrogen (secondary N) is 2. The summed E-state index contributed by atoms with van der Waals surface area (Å²) < 4.78 is 0. The summed E-state index contributed by atoms with van der Waals surface area (Å²) in [5.74, 6) is 1.86. The fourth-order valence-corrected chi connectivity index (χ4v) is 2.86. The van der Waals surface area contributed by atoms with Gasteiger partial charge in [0.2, 0.25) is 0 Å². The smallest absolute Gasteiger partial charge is 0.157 e. The molecule has 4 aromatic rings. The fourth-order valence-electron chi connectivity index (χ4n) is 2.65. The molecule has 0 atom stereocenters. The molecule has 0 saturated heterocycles. The Bertz CT molecular complexity index is 1090. The zero-order valence-electron chi connectivity index (χ0n) is 13.9. The summed E-state index contributed by atoms with van der Waals surface area (Å²) >= 11 is 6.31. The van der Waals surface area contributed by atoms with Gasteiger partial charge < -0.3 is 15.4 Å². The van der Waals surface area contributed by atoms with Gasteiger partial charge in [-0.1, -0.05) is 17.7 Å². The number of anilines is 2. The zero-order chi connectivity index (χ0) is 18.1. The van der Waals surface area contributed by atoms with Crippen molar-refractivity contribution < 1.29 is 5.11 Å². The molecule has 0 aliphatic rings. The highest BCUT2D eigenvalue weighted by Crippen LogP contribution is 2.30. The second-order valence-corrected chi connectivity index (χ2v) is 6.19. The summed E-state index contributed by atoms with van der Waals surface area (Å²) in [6.45, 7) is 1.83. The lowest BCUT2D eigenvalue weighted by Gasteiger charge is -2.05. The lowest BCUT2D eigenvalue weighted by molar-refractivity contribution is 0.282. The number of imidazole rings is 1. The monoisotopic (exact) mass is 366 g/mol. The molecule has 4 rings (SSSR count). The van der Waals surface area contributed by atoms with Gasteiger partial charge in [-0.25, -0.2) is 19.9 Å². The Balaban J connectivity index is 1.79. The molecule has 0 aliphatic carbocycles. The van der Waals surface area contributed by atoms with Crippen molar-refractivity contribution in [1.82, 2.24) is 24.9 Å². The number of rotatable bonds is 4. The first-order valence-electron chi connectivity index (χ1n) is 7.94. The number of aryl methyl sites for hydroxylation is 1. The quantitative estimate of drug-likeness (QED) is 0.510. The van der Waals surface area contributed by atoms with E-state index in [4.69, 9.17) is 11.6 Å². The average Bonchev–Trinajstić information content (AvgIpc) is 3.07. The van der Waals surface area contributed by atoms with Gasteiger partial charge in [0.1, 0.15) is 23.5 Å². The fraction of sp³-hybridized carbons (Fsp3) is 0.111. The molecule has 3 aromatic heterocycles. The number of fused-ring (bicyclic) bond motifs is 1. The van der Waals surface area contributed by atoms with Crippen LogP contribution in [0.1, 0.15) is 11.3 Å². The van der Waals surface area contributed by atoms with Gasteiger partial charge in [0.05, 0.1) is 17.1 Å². The summed E-state index contributed by atoms with van der Waals surface area (Å²) in [5, 5.41) is 13.1. The molecule has 3 heterocycles. The van der Waals surface area contributed by atoms with Crippen molar-refractivity contribution in [3.63, 3.8) is 0 Å². The van der Waals surface area contributed by atoms with Crippen LogP contribution in [0.2, 0.25) is 5.02 Å². The Morgan fingerprint density at radius 1 is 1.15 bits per heavy atom. The maximum Gasteiger partial charge on any atom is 0.157 e. The number of hydrogen-bond donors (Lipinski definition) is 3. The molecule has 0 saturated carbocycles. The van der Waals surface area contributed by atoms with Crippen LogP contribution in [0.25, 0.3) is 22.4 Å². The van der Waals surface area contributed by atoms with Crippen molar-refractivity contribution in [2.45, 2.75) is 13.5 Å². The number of aromatic amines is 1. The van der Waals surface area contributed by atoms with Crippen LogP contribution >= 0.6 is 11.6 Å². The van der Waals surface area contributed by atoms with E-state index in [1.165, 1.54) is 6.33 Å². The maximum absolute atomic E-state index is 9.36. The van der Waals surface area contributed by atoms with Crippen LogP contribution in [-0.4, -0.2) is 30.0 Å².